The van der Waals surface area contributed by atoms with Gasteiger partial charge in [-0.3, -0.25) is 0 Å². The summed E-state index contributed by atoms with van der Waals surface area (Å²) in [7, 11) is 0. The van der Waals surface area contributed by atoms with Gasteiger partial charge >= 0.3 is 0 Å². The average Bonchev–Trinajstić information content (AvgIpc) is 2.24. The standard InChI is InChI=1S/C15H22O/c1-12(2)15(13(3)4)16-11-10-14-8-6-5-7-9-14/h5-13,15H,1-4H3/b11-10-. The van der Waals surface area contributed by atoms with Crippen LogP contribution in [0.1, 0.15) is 33.3 Å². The predicted molar refractivity (Wildman–Crippen MR) is 70.0 cm³/mol. The first kappa shape index (κ1) is 12.8. The highest BCUT2D eigenvalue weighted by Gasteiger charge is 2.17. The third-order valence-electron chi connectivity index (χ3n) is 2.61. The second-order valence-corrected chi connectivity index (χ2v) is 4.80. The second-order valence-electron chi connectivity index (χ2n) is 4.80. The molecule has 0 heterocycles. The van der Waals surface area contributed by atoms with Gasteiger partial charge in [-0.2, -0.15) is 0 Å². The molecule has 0 fully saturated rings. The van der Waals surface area contributed by atoms with E-state index in [0.717, 1.165) is 0 Å². The molecular weight excluding hydrogens is 196 g/mol. The van der Waals surface area contributed by atoms with Gasteiger partial charge in [0.05, 0.1) is 6.26 Å². The van der Waals surface area contributed by atoms with E-state index in [9.17, 15) is 0 Å². The quantitative estimate of drug-likeness (QED) is 0.667. The van der Waals surface area contributed by atoms with Crippen molar-refractivity contribution in [1.82, 2.24) is 0 Å². The first-order chi connectivity index (χ1) is 7.61. The molecule has 1 nitrogen and oxygen atoms in total. The van der Waals surface area contributed by atoms with Gasteiger partial charge in [-0.05, 0) is 23.5 Å². The Labute approximate surface area is 99.1 Å². The summed E-state index contributed by atoms with van der Waals surface area (Å²) < 4.78 is 5.79. The van der Waals surface area contributed by atoms with Gasteiger partial charge in [0.25, 0.3) is 0 Å². The van der Waals surface area contributed by atoms with Crippen molar-refractivity contribution < 1.29 is 4.74 Å². The van der Waals surface area contributed by atoms with E-state index in [-0.39, 0.29) is 0 Å². The van der Waals surface area contributed by atoms with Crippen LogP contribution >= 0.6 is 0 Å². The van der Waals surface area contributed by atoms with Crippen LogP contribution in [0.3, 0.4) is 0 Å². The number of benzene rings is 1. The smallest absolute Gasteiger partial charge is 0.102 e. The van der Waals surface area contributed by atoms with Gasteiger partial charge in [-0.25, -0.2) is 0 Å². The van der Waals surface area contributed by atoms with Crippen molar-refractivity contribution in [3.8, 4) is 0 Å². The molecule has 0 saturated heterocycles. The van der Waals surface area contributed by atoms with E-state index >= 15 is 0 Å². The van der Waals surface area contributed by atoms with E-state index < -0.39 is 0 Å². The number of hydrogen-bond donors (Lipinski definition) is 0. The molecule has 0 atom stereocenters. The van der Waals surface area contributed by atoms with Crippen LogP contribution in [0.5, 0.6) is 0 Å². The summed E-state index contributed by atoms with van der Waals surface area (Å²) in [6.45, 7) is 8.78. The highest BCUT2D eigenvalue weighted by molar-refractivity contribution is 5.47. The molecule has 0 aromatic heterocycles. The molecule has 0 N–H and O–H groups in total. The van der Waals surface area contributed by atoms with E-state index in [1.165, 1.54) is 5.56 Å². The van der Waals surface area contributed by atoms with Crippen molar-refractivity contribution in [3.63, 3.8) is 0 Å². The summed E-state index contributed by atoms with van der Waals surface area (Å²) in [5.74, 6) is 1.08. The predicted octanol–water partition coefficient (Wildman–Crippen LogP) is 4.35. The Bertz CT molecular complexity index is 303. The van der Waals surface area contributed by atoms with E-state index in [1.54, 1.807) is 0 Å². The normalized spacial score (nSPS) is 11.9. The zero-order valence-electron chi connectivity index (χ0n) is 10.7. The van der Waals surface area contributed by atoms with Crippen molar-refractivity contribution in [3.05, 3.63) is 42.2 Å². The second kappa shape index (κ2) is 6.37. The Hall–Kier alpha value is -1.24. The Morgan fingerprint density at radius 1 is 0.938 bits per heavy atom. The number of rotatable bonds is 5. The van der Waals surface area contributed by atoms with Crippen molar-refractivity contribution >= 4 is 6.08 Å². The molecule has 1 aromatic carbocycles. The highest BCUT2D eigenvalue weighted by Crippen LogP contribution is 2.16. The molecular formula is C15H22O. The topological polar surface area (TPSA) is 9.23 Å². The molecule has 0 aliphatic rings. The molecule has 0 aliphatic heterocycles. The molecule has 1 aromatic rings. The summed E-state index contributed by atoms with van der Waals surface area (Å²) in [4.78, 5) is 0. The highest BCUT2D eigenvalue weighted by atomic mass is 16.5. The lowest BCUT2D eigenvalue weighted by Gasteiger charge is -2.23. The van der Waals surface area contributed by atoms with E-state index in [4.69, 9.17) is 4.74 Å². The lowest BCUT2D eigenvalue weighted by molar-refractivity contribution is 0.0618. The molecule has 0 amide bonds. The third kappa shape index (κ3) is 4.09. The lowest BCUT2D eigenvalue weighted by atomic mass is 9.96. The molecule has 1 heteroatoms. The van der Waals surface area contributed by atoms with Gasteiger partial charge in [0, 0.05) is 0 Å². The lowest BCUT2D eigenvalue weighted by Crippen LogP contribution is -2.23. The van der Waals surface area contributed by atoms with Crippen LogP contribution in [0, 0.1) is 11.8 Å². The minimum absolute atomic E-state index is 0.292. The summed E-state index contributed by atoms with van der Waals surface area (Å²) in [5.41, 5.74) is 1.17. The van der Waals surface area contributed by atoms with Gasteiger partial charge < -0.3 is 4.74 Å². The van der Waals surface area contributed by atoms with Gasteiger partial charge in [0.2, 0.25) is 0 Å². The SMILES string of the molecule is CC(C)C(O/C=C\c1ccccc1)C(C)C. The maximum atomic E-state index is 5.79. The van der Waals surface area contributed by atoms with E-state index in [2.05, 4.69) is 39.8 Å². The van der Waals surface area contributed by atoms with Crippen LogP contribution in [0.15, 0.2) is 36.6 Å². The van der Waals surface area contributed by atoms with Crippen LogP contribution < -0.4 is 0 Å². The van der Waals surface area contributed by atoms with Crippen molar-refractivity contribution in [2.75, 3.05) is 0 Å². The molecule has 0 bridgehead atoms. The molecule has 88 valence electrons. The van der Waals surface area contributed by atoms with E-state index in [0.29, 0.717) is 17.9 Å². The van der Waals surface area contributed by atoms with Crippen LogP contribution in [-0.4, -0.2) is 6.10 Å². The van der Waals surface area contributed by atoms with Gasteiger partial charge in [-0.15, -0.1) is 0 Å². The summed E-state index contributed by atoms with van der Waals surface area (Å²) in [5, 5.41) is 0. The monoisotopic (exact) mass is 218 g/mol. The van der Waals surface area contributed by atoms with Crippen LogP contribution in [-0.2, 0) is 4.74 Å². The zero-order chi connectivity index (χ0) is 12.0. The average molecular weight is 218 g/mol. The van der Waals surface area contributed by atoms with Gasteiger partial charge in [0.15, 0.2) is 0 Å². The largest absolute Gasteiger partial charge is 0.497 e. The fourth-order valence-corrected chi connectivity index (χ4v) is 1.86. The van der Waals surface area contributed by atoms with Crippen LogP contribution in [0.2, 0.25) is 0 Å². The number of hydrogen-bond acceptors (Lipinski definition) is 1. The minimum atomic E-state index is 0.292. The molecule has 0 saturated carbocycles. The van der Waals surface area contributed by atoms with Gasteiger partial charge in [-0.1, -0.05) is 58.0 Å². The number of ether oxygens (including phenoxy) is 1. The first-order valence-corrected chi connectivity index (χ1v) is 5.98. The summed E-state index contributed by atoms with van der Waals surface area (Å²) in [6.07, 6.45) is 4.12. The first-order valence-electron chi connectivity index (χ1n) is 5.98. The summed E-state index contributed by atoms with van der Waals surface area (Å²) >= 11 is 0. The summed E-state index contributed by atoms with van der Waals surface area (Å²) in [6, 6.07) is 10.2. The Morgan fingerprint density at radius 2 is 1.50 bits per heavy atom. The van der Waals surface area contributed by atoms with Crippen molar-refractivity contribution in [2.24, 2.45) is 11.8 Å². The molecule has 0 aliphatic carbocycles. The Kier molecular flexibility index (Phi) is 5.10. The van der Waals surface area contributed by atoms with Crippen LogP contribution in [0.4, 0.5) is 0 Å². The van der Waals surface area contributed by atoms with Gasteiger partial charge in [0.1, 0.15) is 6.10 Å². The molecule has 1 rings (SSSR count). The van der Waals surface area contributed by atoms with Crippen molar-refractivity contribution in [1.29, 1.82) is 0 Å². The van der Waals surface area contributed by atoms with E-state index in [1.807, 2.05) is 30.5 Å². The van der Waals surface area contributed by atoms with Crippen LogP contribution in [0.25, 0.3) is 6.08 Å². The molecule has 0 unspecified atom stereocenters. The maximum absolute atomic E-state index is 5.79. The fraction of sp³-hybridized carbons (Fsp3) is 0.467. The third-order valence-corrected chi connectivity index (χ3v) is 2.61. The molecule has 0 radical (unpaired) electrons. The molecule has 16 heavy (non-hydrogen) atoms. The minimum Gasteiger partial charge on any atom is -0.497 e. The van der Waals surface area contributed by atoms with Crippen molar-refractivity contribution in [2.45, 2.75) is 33.8 Å². The fourth-order valence-electron chi connectivity index (χ4n) is 1.86. The maximum Gasteiger partial charge on any atom is 0.102 e. The zero-order valence-corrected chi connectivity index (χ0v) is 10.7. The Balaban J connectivity index is 2.52. The Morgan fingerprint density at radius 3 is 2.00 bits per heavy atom. The molecule has 0 spiro atoms.